The Morgan fingerprint density at radius 3 is 2.78 bits per heavy atom. The van der Waals surface area contributed by atoms with Crippen molar-refractivity contribution in [1.29, 1.82) is 0 Å². The number of hydrogen-bond acceptors (Lipinski definition) is 2. The van der Waals surface area contributed by atoms with E-state index in [1.807, 2.05) is 6.07 Å². The lowest BCUT2D eigenvalue weighted by Gasteiger charge is -2.29. The van der Waals surface area contributed by atoms with Gasteiger partial charge in [-0.05, 0) is 31.4 Å². The average molecular weight is 316 g/mol. The van der Waals surface area contributed by atoms with Crippen molar-refractivity contribution < 1.29 is 14.0 Å². The van der Waals surface area contributed by atoms with Gasteiger partial charge in [0.1, 0.15) is 5.82 Å². The van der Waals surface area contributed by atoms with E-state index in [4.69, 9.17) is 0 Å². The monoisotopic (exact) mass is 316 g/mol. The van der Waals surface area contributed by atoms with Crippen LogP contribution in [-0.4, -0.2) is 24.9 Å². The van der Waals surface area contributed by atoms with Gasteiger partial charge in [0.25, 0.3) is 0 Å². The quantitative estimate of drug-likeness (QED) is 0.865. The van der Waals surface area contributed by atoms with Crippen LogP contribution in [-0.2, 0) is 15.0 Å². The number of halogens is 1. The van der Waals surface area contributed by atoms with Crippen LogP contribution in [0.5, 0.6) is 0 Å². The number of benzene rings is 1. The van der Waals surface area contributed by atoms with E-state index in [0.29, 0.717) is 25.9 Å². The van der Waals surface area contributed by atoms with Crippen molar-refractivity contribution in [2.45, 2.75) is 43.9 Å². The third-order valence-electron chi connectivity index (χ3n) is 5.71. The van der Waals surface area contributed by atoms with Gasteiger partial charge in [0.2, 0.25) is 11.8 Å². The third kappa shape index (κ3) is 2.25. The van der Waals surface area contributed by atoms with Gasteiger partial charge in [0, 0.05) is 30.5 Å². The summed E-state index contributed by atoms with van der Waals surface area (Å²) in [6.45, 7) is 0.984. The van der Waals surface area contributed by atoms with Crippen LogP contribution in [0.1, 0.15) is 44.1 Å². The van der Waals surface area contributed by atoms with Gasteiger partial charge in [-0.1, -0.05) is 18.9 Å². The summed E-state index contributed by atoms with van der Waals surface area (Å²) >= 11 is 0. The van der Waals surface area contributed by atoms with Gasteiger partial charge in [-0.15, -0.1) is 0 Å². The average Bonchev–Trinajstić information content (AvgIpc) is 3.14. The summed E-state index contributed by atoms with van der Waals surface area (Å²) < 4.78 is 14.5. The largest absolute Gasteiger partial charge is 0.355 e. The predicted octanol–water partition coefficient (Wildman–Crippen LogP) is 2.51. The van der Waals surface area contributed by atoms with Gasteiger partial charge in [-0.3, -0.25) is 9.59 Å². The molecule has 1 aromatic rings. The fourth-order valence-electron chi connectivity index (χ4n) is 4.55. The van der Waals surface area contributed by atoms with E-state index < -0.39 is 0 Å². The Kier molecular flexibility index (Phi) is 3.39. The molecule has 1 atom stereocenters. The molecule has 0 unspecified atom stereocenters. The maximum Gasteiger partial charge on any atom is 0.231 e. The Labute approximate surface area is 135 Å². The third-order valence-corrected chi connectivity index (χ3v) is 5.71. The standard InChI is InChI=1S/C18H21FN2O2/c19-13-4-3-5-14-16(13)18(8-1-2-9-18)11-21(14)17(23)12-6-7-15(22)20-10-12/h3-5,12H,1-2,6-11H2,(H,20,22)/t12-/m1/s1. The van der Waals surface area contributed by atoms with Crippen molar-refractivity contribution in [3.63, 3.8) is 0 Å². The minimum absolute atomic E-state index is 0.00850. The number of carbonyl (C=O) groups excluding carboxylic acids is 2. The van der Waals surface area contributed by atoms with Gasteiger partial charge < -0.3 is 10.2 Å². The molecule has 3 aliphatic rings. The topological polar surface area (TPSA) is 49.4 Å². The first-order valence-electron chi connectivity index (χ1n) is 8.48. The summed E-state index contributed by atoms with van der Waals surface area (Å²) in [4.78, 5) is 26.1. The Hall–Kier alpha value is -1.91. The van der Waals surface area contributed by atoms with Gasteiger partial charge in [0.15, 0.2) is 0 Å². The minimum Gasteiger partial charge on any atom is -0.355 e. The number of piperidine rings is 1. The number of hydrogen-bond donors (Lipinski definition) is 1. The molecule has 4 rings (SSSR count). The van der Waals surface area contributed by atoms with Gasteiger partial charge in [0.05, 0.1) is 11.6 Å². The minimum atomic E-state index is -0.200. The maximum atomic E-state index is 14.5. The number of carbonyl (C=O) groups is 2. The Balaban J connectivity index is 1.67. The molecular formula is C18H21FN2O2. The molecule has 122 valence electrons. The van der Waals surface area contributed by atoms with E-state index in [2.05, 4.69) is 5.32 Å². The van der Waals surface area contributed by atoms with Crippen molar-refractivity contribution in [2.75, 3.05) is 18.0 Å². The van der Waals surface area contributed by atoms with Crippen LogP contribution in [0.25, 0.3) is 0 Å². The highest BCUT2D eigenvalue weighted by Gasteiger charge is 2.48. The molecule has 2 aliphatic heterocycles. The summed E-state index contributed by atoms with van der Waals surface area (Å²) in [6, 6.07) is 5.06. The molecule has 2 heterocycles. The molecule has 1 N–H and O–H groups in total. The molecule has 1 saturated carbocycles. The van der Waals surface area contributed by atoms with Crippen molar-refractivity contribution in [2.24, 2.45) is 5.92 Å². The van der Waals surface area contributed by atoms with Crippen LogP contribution >= 0.6 is 0 Å². The smallest absolute Gasteiger partial charge is 0.231 e. The van der Waals surface area contributed by atoms with Gasteiger partial charge in [-0.2, -0.15) is 0 Å². The summed E-state index contributed by atoms with van der Waals surface area (Å²) in [5.74, 6) is -0.341. The lowest BCUT2D eigenvalue weighted by Crippen LogP contribution is -2.45. The molecule has 0 aromatic heterocycles. The highest BCUT2D eigenvalue weighted by molar-refractivity contribution is 5.99. The number of nitrogens with zero attached hydrogens (tertiary/aromatic N) is 1. The highest BCUT2D eigenvalue weighted by Crippen LogP contribution is 2.51. The van der Waals surface area contributed by atoms with Crippen LogP contribution < -0.4 is 10.2 Å². The molecule has 0 bridgehead atoms. The summed E-state index contributed by atoms with van der Waals surface area (Å²) in [7, 11) is 0. The SMILES string of the molecule is O=C1CC[C@@H](C(=O)N2CC3(CCCC3)c3c(F)cccc32)CN1. The number of nitrogens with one attached hydrogen (secondary N) is 1. The Bertz CT molecular complexity index is 657. The Morgan fingerprint density at radius 2 is 2.09 bits per heavy atom. The second kappa shape index (κ2) is 5.32. The highest BCUT2D eigenvalue weighted by atomic mass is 19.1. The molecule has 2 fully saturated rings. The van der Waals surface area contributed by atoms with Crippen molar-refractivity contribution in [3.8, 4) is 0 Å². The fraction of sp³-hybridized carbons (Fsp3) is 0.556. The molecular weight excluding hydrogens is 295 g/mol. The van der Waals surface area contributed by atoms with Crippen LogP contribution in [0.2, 0.25) is 0 Å². The van der Waals surface area contributed by atoms with Crippen molar-refractivity contribution in [1.82, 2.24) is 5.32 Å². The van der Waals surface area contributed by atoms with Gasteiger partial charge >= 0.3 is 0 Å². The van der Waals surface area contributed by atoms with Crippen LogP contribution in [0, 0.1) is 11.7 Å². The van der Waals surface area contributed by atoms with E-state index in [1.54, 1.807) is 11.0 Å². The van der Waals surface area contributed by atoms with Crippen LogP contribution in [0.4, 0.5) is 10.1 Å². The zero-order chi connectivity index (χ0) is 16.0. The molecule has 1 aromatic carbocycles. The second-order valence-electron chi connectivity index (χ2n) is 7.09. The first-order chi connectivity index (χ1) is 11.1. The normalized spacial score (nSPS) is 25.5. The van der Waals surface area contributed by atoms with Crippen LogP contribution in [0.15, 0.2) is 18.2 Å². The predicted molar refractivity (Wildman–Crippen MR) is 84.6 cm³/mol. The van der Waals surface area contributed by atoms with Crippen molar-refractivity contribution >= 4 is 17.5 Å². The number of anilines is 1. The Morgan fingerprint density at radius 1 is 1.30 bits per heavy atom. The van der Waals surface area contributed by atoms with E-state index in [0.717, 1.165) is 36.9 Å². The van der Waals surface area contributed by atoms with E-state index in [1.165, 1.54) is 6.07 Å². The van der Waals surface area contributed by atoms with E-state index >= 15 is 0 Å². The number of fused-ring (bicyclic) bond motifs is 2. The summed E-state index contributed by atoms with van der Waals surface area (Å²) in [5, 5.41) is 2.77. The van der Waals surface area contributed by atoms with E-state index in [-0.39, 0.29) is 29.0 Å². The van der Waals surface area contributed by atoms with E-state index in [9.17, 15) is 14.0 Å². The lowest BCUT2D eigenvalue weighted by atomic mass is 9.80. The first-order valence-corrected chi connectivity index (χ1v) is 8.48. The first kappa shape index (κ1) is 14.7. The number of amides is 2. The molecule has 2 amide bonds. The zero-order valence-electron chi connectivity index (χ0n) is 13.1. The molecule has 1 spiro atoms. The number of rotatable bonds is 1. The summed E-state index contributed by atoms with van der Waals surface area (Å²) in [5.41, 5.74) is 1.29. The summed E-state index contributed by atoms with van der Waals surface area (Å²) in [6.07, 6.45) is 5.06. The molecule has 1 saturated heterocycles. The molecule has 1 aliphatic carbocycles. The molecule has 0 radical (unpaired) electrons. The lowest BCUT2D eigenvalue weighted by molar-refractivity contribution is -0.127. The van der Waals surface area contributed by atoms with Gasteiger partial charge in [-0.25, -0.2) is 4.39 Å². The molecule has 4 nitrogen and oxygen atoms in total. The maximum absolute atomic E-state index is 14.5. The fourth-order valence-corrected chi connectivity index (χ4v) is 4.55. The second-order valence-corrected chi connectivity index (χ2v) is 7.09. The van der Waals surface area contributed by atoms with Crippen LogP contribution in [0.3, 0.4) is 0 Å². The zero-order valence-corrected chi connectivity index (χ0v) is 13.1. The van der Waals surface area contributed by atoms with Crippen molar-refractivity contribution in [3.05, 3.63) is 29.6 Å². The molecule has 5 heteroatoms. The molecule has 23 heavy (non-hydrogen) atoms.